The van der Waals surface area contributed by atoms with Crippen molar-refractivity contribution in [2.45, 2.75) is 51.9 Å². The van der Waals surface area contributed by atoms with Crippen molar-refractivity contribution in [3.63, 3.8) is 0 Å². The van der Waals surface area contributed by atoms with Crippen molar-refractivity contribution in [2.24, 2.45) is 0 Å². The minimum atomic E-state index is -0.0394. The number of alkyl halides is 1. The second kappa shape index (κ2) is 11.0. The molecular formula is C11H21BrO2. The lowest BCUT2D eigenvalue weighted by Crippen LogP contribution is -2.05. The number of hydrogen-bond donors (Lipinski definition) is 0. The summed E-state index contributed by atoms with van der Waals surface area (Å²) in [7, 11) is 0. The van der Waals surface area contributed by atoms with E-state index >= 15 is 0 Å². The summed E-state index contributed by atoms with van der Waals surface area (Å²) in [5, 5.41) is 0.900. The molecule has 0 amide bonds. The molecule has 84 valence electrons. The average Bonchev–Trinajstić information content (AvgIpc) is 2.18. The Labute approximate surface area is 95.5 Å². The molecule has 0 aliphatic carbocycles. The lowest BCUT2D eigenvalue weighted by molar-refractivity contribution is -0.143. The second-order valence-corrected chi connectivity index (χ2v) is 4.22. The predicted molar refractivity (Wildman–Crippen MR) is 62.7 cm³/mol. The van der Waals surface area contributed by atoms with Crippen molar-refractivity contribution in [3.05, 3.63) is 0 Å². The molecule has 0 atom stereocenters. The highest BCUT2D eigenvalue weighted by Gasteiger charge is 2.01. The summed E-state index contributed by atoms with van der Waals surface area (Å²) < 4.78 is 5.02. The largest absolute Gasteiger partial charge is 0.466 e. The Morgan fingerprint density at radius 1 is 1.14 bits per heavy atom. The second-order valence-electron chi connectivity index (χ2n) is 3.43. The van der Waals surface area contributed by atoms with Crippen LogP contribution in [0.25, 0.3) is 0 Å². The van der Waals surface area contributed by atoms with Crippen LogP contribution in [-0.2, 0) is 9.53 Å². The van der Waals surface area contributed by atoms with Crippen molar-refractivity contribution in [1.82, 2.24) is 0 Å². The van der Waals surface area contributed by atoms with E-state index in [4.69, 9.17) is 4.74 Å². The first-order valence-corrected chi connectivity index (χ1v) is 6.65. The molecule has 0 spiro atoms. The molecule has 0 bridgehead atoms. The highest BCUT2D eigenvalue weighted by Crippen LogP contribution is 2.05. The first-order valence-electron chi connectivity index (χ1n) is 5.52. The number of unbranched alkanes of at least 4 members (excludes halogenated alkanes) is 4. The van der Waals surface area contributed by atoms with Gasteiger partial charge in [0.15, 0.2) is 0 Å². The summed E-state index contributed by atoms with van der Waals surface area (Å²) in [6, 6.07) is 0. The number of halogens is 1. The minimum absolute atomic E-state index is 0.0394. The fraction of sp³-hybridized carbons (Fsp3) is 0.909. The highest BCUT2D eigenvalue weighted by molar-refractivity contribution is 9.09. The van der Waals surface area contributed by atoms with Crippen molar-refractivity contribution in [3.8, 4) is 0 Å². The zero-order valence-electron chi connectivity index (χ0n) is 9.06. The van der Waals surface area contributed by atoms with Crippen LogP contribution in [0.15, 0.2) is 0 Å². The molecule has 0 rings (SSSR count). The number of ether oxygens (including phenoxy) is 1. The van der Waals surface area contributed by atoms with Crippen molar-refractivity contribution >= 4 is 21.9 Å². The van der Waals surface area contributed by atoms with Gasteiger partial charge < -0.3 is 4.74 Å². The molecule has 0 fully saturated rings. The monoisotopic (exact) mass is 264 g/mol. The summed E-state index contributed by atoms with van der Waals surface area (Å²) in [5.41, 5.74) is 0. The normalized spacial score (nSPS) is 10.1. The maximum Gasteiger partial charge on any atom is 0.305 e. The van der Waals surface area contributed by atoms with E-state index in [-0.39, 0.29) is 5.97 Å². The Balaban J connectivity index is 3.10. The zero-order chi connectivity index (χ0) is 10.6. The molecule has 0 heterocycles. The molecule has 0 aliphatic heterocycles. The molecule has 0 unspecified atom stereocenters. The van der Waals surface area contributed by atoms with Gasteiger partial charge in [-0.25, -0.2) is 0 Å². The fourth-order valence-corrected chi connectivity index (χ4v) is 1.41. The summed E-state index contributed by atoms with van der Waals surface area (Å²) in [5.74, 6) is -0.0394. The quantitative estimate of drug-likeness (QED) is 0.361. The number of carbonyl (C=O) groups is 1. The van der Waals surface area contributed by atoms with Gasteiger partial charge >= 0.3 is 5.97 Å². The number of carbonyl (C=O) groups excluding carboxylic acids is 1. The SMILES string of the molecule is CCCCCCCC(=O)OCCCBr. The van der Waals surface area contributed by atoms with Crippen LogP contribution in [0.2, 0.25) is 0 Å². The standard InChI is InChI=1S/C11H21BrO2/c1-2-3-4-5-6-8-11(13)14-10-7-9-12/h2-10H2,1H3. The number of rotatable bonds is 9. The van der Waals surface area contributed by atoms with Gasteiger partial charge in [0, 0.05) is 11.8 Å². The van der Waals surface area contributed by atoms with Gasteiger partial charge in [0.1, 0.15) is 0 Å². The summed E-state index contributed by atoms with van der Waals surface area (Å²) in [6.07, 6.45) is 7.39. The molecule has 2 nitrogen and oxygen atoms in total. The Bertz CT molecular complexity index is 137. The molecule has 0 saturated carbocycles. The topological polar surface area (TPSA) is 26.3 Å². The van der Waals surface area contributed by atoms with Gasteiger partial charge in [-0.2, -0.15) is 0 Å². The van der Waals surface area contributed by atoms with E-state index in [2.05, 4.69) is 22.9 Å². The summed E-state index contributed by atoms with van der Waals surface area (Å²) in [4.78, 5) is 11.1. The average molecular weight is 265 g/mol. The van der Waals surface area contributed by atoms with Crippen LogP contribution >= 0.6 is 15.9 Å². The van der Waals surface area contributed by atoms with Crippen molar-refractivity contribution in [1.29, 1.82) is 0 Å². The van der Waals surface area contributed by atoms with Gasteiger partial charge in [0.2, 0.25) is 0 Å². The third kappa shape index (κ3) is 10.0. The Hall–Kier alpha value is -0.0500. The minimum Gasteiger partial charge on any atom is -0.466 e. The third-order valence-electron chi connectivity index (χ3n) is 2.03. The Morgan fingerprint density at radius 3 is 2.50 bits per heavy atom. The molecule has 0 aliphatic rings. The van der Waals surface area contributed by atoms with Crippen molar-refractivity contribution in [2.75, 3.05) is 11.9 Å². The first-order chi connectivity index (χ1) is 6.81. The van der Waals surface area contributed by atoms with Gasteiger partial charge in [0.25, 0.3) is 0 Å². The molecule has 14 heavy (non-hydrogen) atoms. The van der Waals surface area contributed by atoms with E-state index in [0.717, 1.165) is 24.6 Å². The summed E-state index contributed by atoms with van der Waals surface area (Å²) >= 11 is 3.29. The molecule has 0 aromatic carbocycles. The van der Waals surface area contributed by atoms with Gasteiger partial charge in [-0.15, -0.1) is 0 Å². The lowest BCUT2D eigenvalue weighted by Gasteiger charge is -2.03. The predicted octanol–water partition coefficient (Wildman–Crippen LogP) is 3.68. The Morgan fingerprint density at radius 2 is 1.86 bits per heavy atom. The van der Waals surface area contributed by atoms with Gasteiger partial charge in [-0.3, -0.25) is 4.79 Å². The molecule has 0 aromatic heterocycles. The number of hydrogen-bond acceptors (Lipinski definition) is 2. The maximum absolute atomic E-state index is 11.1. The van der Waals surface area contributed by atoms with E-state index in [9.17, 15) is 4.79 Å². The number of esters is 1. The van der Waals surface area contributed by atoms with Gasteiger partial charge in [-0.05, 0) is 12.8 Å². The van der Waals surface area contributed by atoms with Gasteiger partial charge in [0.05, 0.1) is 6.61 Å². The molecule has 0 saturated heterocycles. The van der Waals surface area contributed by atoms with Crippen LogP contribution in [0.3, 0.4) is 0 Å². The van der Waals surface area contributed by atoms with E-state index < -0.39 is 0 Å². The van der Waals surface area contributed by atoms with E-state index in [1.165, 1.54) is 19.3 Å². The highest BCUT2D eigenvalue weighted by atomic mass is 79.9. The first kappa shape index (κ1) is 13.9. The van der Waals surface area contributed by atoms with Crippen LogP contribution in [0.1, 0.15) is 51.9 Å². The van der Waals surface area contributed by atoms with E-state index in [1.807, 2.05) is 0 Å². The van der Waals surface area contributed by atoms with Crippen LogP contribution < -0.4 is 0 Å². The lowest BCUT2D eigenvalue weighted by atomic mass is 10.1. The van der Waals surface area contributed by atoms with Crippen LogP contribution in [0.4, 0.5) is 0 Å². The van der Waals surface area contributed by atoms with Crippen LogP contribution in [0.5, 0.6) is 0 Å². The van der Waals surface area contributed by atoms with E-state index in [1.54, 1.807) is 0 Å². The molecule has 0 aromatic rings. The molecular weight excluding hydrogens is 244 g/mol. The van der Waals surface area contributed by atoms with Gasteiger partial charge in [-0.1, -0.05) is 48.5 Å². The molecule has 0 N–H and O–H groups in total. The zero-order valence-corrected chi connectivity index (χ0v) is 10.6. The van der Waals surface area contributed by atoms with Crippen LogP contribution in [-0.4, -0.2) is 17.9 Å². The summed E-state index contributed by atoms with van der Waals surface area (Å²) in [6.45, 7) is 2.74. The van der Waals surface area contributed by atoms with Crippen molar-refractivity contribution < 1.29 is 9.53 Å². The Kier molecular flexibility index (Phi) is 11.0. The van der Waals surface area contributed by atoms with E-state index in [0.29, 0.717) is 13.0 Å². The molecule has 0 radical (unpaired) electrons. The smallest absolute Gasteiger partial charge is 0.305 e. The van der Waals surface area contributed by atoms with Crippen LogP contribution in [0, 0.1) is 0 Å². The fourth-order valence-electron chi connectivity index (χ4n) is 1.19. The maximum atomic E-state index is 11.1. The third-order valence-corrected chi connectivity index (χ3v) is 2.59. The molecule has 3 heteroatoms.